The maximum absolute atomic E-state index is 12.2. The molecule has 2 N–H and O–H groups in total. The van der Waals surface area contributed by atoms with E-state index in [1.165, 1.54) is 12.8 Å². The summed E-state index contributed by atoms with van der Waals surface area (Å²) >= 11 is 1.61. The molecule has 1 aromatic heterocycles. The van der Waals surface area contributed by atoms with Crippen molar-refractivity contribution in [3.05, 3.63) is 21.9 Å². The SMILES string of the molecule is CN(Cc1csc(C#CCN)c1)C(=O)C1CCCC1. The molecule has 1 aliphatic rings. The molecule has 102 valence electrons. The number of hydrogen-bond donors (Lipinski definition) is 1. The lowest BCUT2D eigenvalue weighted by Crippen LogP contribution is -2.31. The first-order valence-electron chi connectivity index (χ1n) is 6.72. The predicted molar refractivity (Wildman–Crippen MR) is 78.7 cm³/mol. The first kappa shape index (κ1) is 14.1. The maximum atomic E-state index is 12.2. The Hall–Kier alpha value is -1.31. The molecule has 0 bridgehead atoms. The molecule has 0 radical (unpaired) electrons. The highest BCUT2D eigenvalue weighted by molar-refractivity contribution is 7.10. The molecule has 1 saturated carbocycles. The van der Waals surface area contributed by atoms with Crippen LogP contribution in [-0.4, -0.2) is 24.4 Å². The second-order valence-corrected chi connectivity index (χ2v) is 5.91. The second-order valence-electron chi connectivity index (χ2n) is 5.00. The number of nitrogens with two attached hydrogens (primary N) is 1. The highest BCUT2D eigenvalue weighted by Gasteiger charge is 2.25. The minimum atomic E-state index is 0.250. The molecule has 1 aromatic rings. The molecule has 0 saturated heterocycles. The molecule has 0 spiro atoms. The van der Waals surface area contributed by atoms with Gasteiger partial charge in [-0.1, -0.05) is 24.7 Å². The number of thiophene rings is 1. The molecule has 3 nitrogen and oxygen atoms in total. The van der Waals surface area contributed by atoms with E-state index in [2.05, 4.69) is 17.2 Å². The lowest BCUT2D eigenvalue weighted by Gasteiger charge is -2.20. The van der Waals surface area contributed by atoms with Crippen molar-refractivity contribution in [3.63, 3.8) is 0 Å². The van der Waals surface area contributed by atoms with Crippen molar-refractivity contribution < 1.29 is 4.79 Å². The van der Waals surface area contributed by atoms with E-state index in [0.717, 1.165) is 23.3 Å². The van der Waals surface area contributed by atoms with Gasteiger partial charge < -0.3 is 10.6 Å². The third kappa shape index (κ3) is 3.82. The highest BCUT2D eigenvalue weighted by Crippen LogP contribution is 2.27. The molecule has 1 heterocycles. The lowest BCUT2D eigenvalue weighted by atomic mass is 10.1. The van der Waals surface area contributed by atoms with Gasteiger partial charge in [-0.3, -0.25) is 4.79 Å². The molecule has 4 heteroatoms. The average molecular weight is 276 g/mol. The summed E-state index contributed by atoms with van der Waals surface area (Å²) in [4.78, 5) is 15.1. The summed E-state index contributed by atoms with van der Waals surface area (Å²) in [6, 6.07) is 2.05. The van der Waals surface area contributed by atoms with Crippen LogP contribution in [0.15, 0.2) is 11.4 Å². The summed E-state index contributed by atoms with van der Waals surface area (Å²) < 4.78 is 0. The molecule has 0 unspecified atom stereocenters. The van der Waals surface area contributed by atoms with Crippen LogP contribution in [0.3, 0.4) is 0 Å². The van der Waals surface area contributed by atoms with Crippen LogP contribution in [-0.2, 0) is 11.3 Å². The minimum absolute atomic E-state index is 0.250. The van der Waals surface area contributed by atoms with Crippen molar-refractivity contribution in [2.75, 3.05) is 13.6 Å². The fourth-order valence-corrected chi connectivity index (χ4v) is 3.27. The average Bonchev–Trinajstić information content (AvgIpc) is 3.06. The fraction of sp³-hybridized carbons (Fsp3) is 0.533. The predicted octanol–water partition coefficient (Wildman–Crippen LogP) is 2.21. The molecule has 1 fully saturated rings. The first-order chi connectivity index (χ1) is 9.20. The van der Waals surface area contributed by atoms with E-state index in [1.807, 2.05) is 18.0 Å². The molecule has 0 aromatic carbocycles. The van der Waals surface area contributed by atoms with Crippen molar-refractivity contribution in [2.24, 2.45) is 11.7 Å². The van der Waals surface area contributed by atoms with Crippen molar-refractivity contribution in [2.45, 2.75) is 32.2 Å². The van der Waals surface area contributed by atoms with Crippen LogP contribution in [0.1, 0.15) is 36.1 Å². The van der Waals surface area contributed by atoms with E-state index >= 15 is 0 Å². The summed E-state index contributed by atoms with van der Waals surface area (Å²) in [6.07, 6.45) is 4.50. The van der Waals surface area contributed by atoms with Crippen LogP contribution in [0.2, 0.25) is 0 Å². The molecule has 1 amide bonds. The van der Waals surface area contributed by atoms with Crippen LogP contribution in [0, 0.1) is 17.8 Å². The van der Waals surface area contributed by atoms with Crippen LogP contribution in [0.5, 0.6) is 0 Å². The zero-order valence-corrected chi connectivity index (χ0v) is 12.1. The monoisotopic (exact) mass is 276 g/mol. The maximum Gasteiger partial charge on any atom is 0.225 e. The molecular formula is C15H20N2OS. The Morgan fingerprint density at radius 2 is 2.26 bits per heavy atom. The van der Waals surface area contributed by atoms with Gasteiger partial charge in [0.05, 0.1) is 11.4 Å². The Kier molecular flexibility index (Phi) is 5.00. The standard InChI is InChI=1S/C15H20N2OS/c1-17(15(18)13-5-2-3-6-13)10-12-9-14(19-11-12)7-4-8-16/h9,11,13H,2-3,5-6,8,10,16H2,1H3. The lowest BCUT2D eigenvalue weighted by molar-refractivity contribution is -0.134. The molecule has 2 rings (SSSR count). The van der Waals surface area contributed by atoms with Crippen molar-refractivity contribution in [1.82, 2.24) is 4.90 Å². The highest BCUT2D eigenvalue weighted by atomic mass is 32.1. The van der Waals surface area contributed by atoms with Gasteiger partial charge in [-0.25, -0.2) is 0 Å². The Labute approximate surface area is 118 Å². The zero-order valence-electron chi connectivity index (χ0n) is 11.3. The number of hydrogen-bond acceptors (Lipinski definition) is 3. The Morgan fingerprint density at radius 1 is 1.53 bits per heavy atom. The third-order valence-electron chi connectivity index (χ3n) is 3.47. The molecule has 1 aliphatic carbocycles. The largest absolute Gasteiger partial charge is 0.341 e. The third-order valence-corrected chi connectivity index (χ3v) is 4.36. The van der Waals surface area contributed by atoms with Gasteiger partial charge in [0, 0.05) is 19.5 Å². The van der Waals surface area contributed by atoms with E-state index < -0.39 is 0 Å². The van der Waals surface area contributed by atoms with E-state index in [4.69, 9.17) is 5.73 Å². The number of rotatable bonds is 3. The van der Waals surface area contributed by atoms with Gasteiger partial charge in [-0.2, -0.15) is 0 Å². The number of amides is 1. The van der Waals surface area contributed by atoms with Gasteiger partial charge in [0.2, 0.25) is 5.91 Å². The Balaban J connectivity index is 1.92. The van der Waals surface area contributed by atoms with E-state index in [0.29, 0.717) is 19.0 Å². The molecule has 19 heavy (non-hydrogen) atoms. The normalized spacial score (nSPS) is 15.1. The van der Waals surface area contributed by atoms with Gasteiger partial charge >= 0.3 is 0 Å². The van der Waals surface area contributed by atoms with Crippen LogP contribution >= 0.6 is 11.3 Å². The van der Waals surface area contributed by atoms with Gasteiger partial charge in [-0.05, 0) is 29.9 Å². The summed E-state index contributed by atoms with van der Waals surface area (Å²) in [6.45, 7) is 1.06. The van der Waals surface area contributed by atoms with E-state index in [-0.39, 0.29) is 5.92 Å². The molecular weight excluding hydrogens is 256 g/mol. The van der Waals surface area contributed by atoms with Gasteiger partial charge in [0.25, 0.3) is 0 Å². The number of carbonyl (C=O) groups excluding carboxylic acids is 1. The van der Waals surface area contributed by atoms with E-state index in [1.54, 1.807) is 11.3 Å². The van der Waals surface area contributed by atoms with Gasteiger partial charge in [0.15, 0.2) is 0 Å². The smallest absolute Gasteiger partial charge is 0.225 e. The van der Waals surface area contributed by atoms with Crippen LogP contribution in [0.25, 0.3) is 0 Å². The first-order valence-corrected chi connectivity index (χ1v) is 7.60. The van der Waals surface area contributed by atoms with Crippen molar-refractivity contribution in [3.8, 4) is 11.8 Å². The van der Waals surface area contributed by atoms with Gasteiger partial charge in [-0.15, -0.1) is 11.3 Å². The van der Waals surface area contributed by atoms with Crippen LogP contribution in [0.4, 0.5) is 0 Å². The summed E-state index contributed by atoms with van der Waals surface area (Å²) in [5.74, 6) is 6.41. The topological polar surface area (TPSA) is 46.3 Å². The minimum Gasteiger partial charge on any atom is -0.341 e. The number of carbonyl (C=O) groups is 1. The quantitative estimate of drug-likeness (QED) is 0.860. The molecule has 0 atom stereocenters. The summed E-state index contributed by atoms with van der Waals surface area (Å²) in [7, 11) is 1.89. The summed E-state index contributed by atoms with van der Waals surface area (Å²) in [5, 5.41) is 2.07. The summed E-state index contributed by atoms with van der Waals surface area (Å²) in [5.41, 5.74) is 6.50. The fourth-order valence-electron chi connectivity index (χ4n) is 2.50. The van der Waals surface area contributed by atoms with Crippen molar-refractivity contribution in [1.29, 1.82) is 0 Å². The Morgan fingerprint density at radius 3 is 2.95 bits per heavy atom. The zero-order chi connectivity index (χ0) is 13.7. The van der Waals surface area contributed by atoms with Gasteiger partial charge in [0.1, 0.15) is 0 Å². The van der Waals surface area contributed by atoms with Crippen molar-refractivity contribution >= 4 is 17.2 Å². The number of nitrogens with zero attached hydrogens (tertiary/aromatic N) is 1. The second kappa shape index (κ2) is 6.74. The Bertz CT molecular complexity index is 492. The van der Waals surface area contributed by atoms with Crippen LogP contribution < -0.4 is 5.73 Å². The molecule has 0 aliphatic heterocycles. The van der Waals surface area contributed by atoms with E-state index in [9.17, 15) is 4.79 Å².